The molecular weight excluding hydrogens is 1220 g/mol. The molecule has 0 saturated carbocycles. The summed E-state index contributed by atoms with van der Waals surface area (Å²) in [6.45, 7) is 60.5. The van der Waals surface area contributed by atoms with E-state index in [0.29, 0.717) is 24.9 Å². The van der Waals surface area contributed by atoms with Gasteiger partial charge in [0, 0.05) is 122 Å². The number of aliphatic carboxylic acids is 1. The fourth-order valence-corrected chi connectivity index (χ4v) is 15.5. The van der Waals surface area contributed by atoms with Crippen LogP contribution in [0.15, 0.2) is 86.2 Å². The Morgan fingerprint density at radius 2 is 0.705 bits per heavy atom. The largest absolute Gasteiger partial charge is 0.697 e. The maximum absolute atomic E-state index is 11.3. The first kappa shape index (κ1) is 99.6. The molecule has 0 amide bonds. The van der Waals surface area contributed by atoms with E-state index >= 15 is 0 Å². The number of carbonyl (C=O) groups is 4. The summed E-state index contributed by atoms with van der Waals surface area (Å²) in [6, 6.07) is 3.77. The normalized spacial score (nSPS) is 12.3. The zero-order valence-corrected chi connectivity index (χ0v) is 61.0. The number of epoxide rings is 1. The number of aliphatic hydroxyl groups excluding tert-OH is 2. The Morgan fingerprint density at radius 1 is 0.466 bits per heavy atom. The fraction of sp³-hybridized carbons (Fsp3) is 0.667. The first-order valence-electron chi connectivity index (χ1n) is 28.7. The molecule has 0 aromatic rings. The van der Waals surface area contributed by atoms with Crippen LogP contribution in [0.4, 0.5) is 0 Å². The Hall–Kier alpha value is -4.63. The van der Waals surface area contributed by atoms with Crippen molar-refractivity contribution in [1.29, 1.82) is 0 Å². The van der Waals surface area contributed by atoms with Gasteiger partial charge in [-0.3, -0.25) is 0 Å². The molecule has 1 fully saturated rings. The smallest absolute Gasteiger partial charge is 0.398 e. The average molecular weight is 1330 g/mol. The van der Waals surface area contributed by atoms with Gasteiger partial charge >= 0.3 is 58.1 Å². The van der Waals surface area contributed by atoms with Crippen LogP contribution >= 0.6 is 0 Å². The highest BCUT2D eigenvalue weighted by Crippen LogP contribution is 2.21. The molecule has 28 heteroatoms. The molecule has 0 aliphatic carbocycles. The number of carboxylic acids is 1. The lowest BCUT2D eigenvalue weighted by atomic mass is 10.4. The molecule has 0 radical (unpaired) electrons. The van der Waals surface area contributed by atoms with Crippen LogP contribution in [-0.4, -0.2) is 192 Å². The van der Waals surface area contributed by atoms with Crippen LogP contribution in [0.5, 0.6) is 0 Å². The van der Waals surface area contributed by atoms with Crippen molar-refractivity contribution >= 4 is 58.1 Å². The standard InChI is InChI=1S/C13H24O5Si.C11H24O4Si.2C9H22O3Si.2C6H8O3.C4H6O2.C2H.H2O/c1-7-16-19(6,10-8-9-15-5)18-12(4)17-13(14)11(2)3;1-4-14-16(3,15-5-2)8-6-7-12-9-11-10-13-11;2*1-5-11-13(4,12-6-2)9-7-8-10-3;2*1-4(2)6(8)9-5(3)7;1-3(2)4(5)6;1-2;/h2,4,7-10H2,1,3,5-6H3;11H,4-10H2,1-3H3;2*5-9H2,1-4H3;2*7H,1,3H2,2H3;1H2,2H3,(H,5,6);1H;1H2/q;;;;;;;-1;. The van der Waals surface area contributed by atoms with Crippen LogP contribution in [0.2, 0.25) is 50.4 Å². The highest BCUT2D eigenvalue weighted by atomic mass is 28.4. The Labute approximate surface area is 533 Å². The predicted octanol–water partition coefficient (Wildman–Crippen LogP) is 11.3. The van der Waals surface area contributed by atoms with Gasteiger partial charge in [0.25, 0.3) is 17.8 Å². The molecule has 1 aliphatic rings. The van der Waals surface area contributed by atoms with E-state index in [1.807, 2.05) is 55.0 Å². The van der Waals surface area contributed by atoms with Crippen LogP contribution in [0.3, 0.4) is 0 Å². The average Bonchev–Trinajstić information content (AvgIpc) is 4.25. The summed E-state index contributed by atoms with van der Waals surface area (Å²) in [5, 5.41) is 24.5. The number of hydrogen-bond acceptors (Lipinski definition) is 22. The number of aliphatic hydroxyl groups is 2. The third-order valence-electron chi connectivity index (χ3n) is 10.1. The van der Waals surface area contributed by atoms with Crippen LogP contribution in [0, 0.1) is 12.8 Å². The number of rotatable bonds is 41. The van der Waals surface area contributed by atoms with E-state index in [0.717, 1.165) is 123 Å². The zero-order valence-electron chi connectivity index (χ0n) is 57.0. The lowest BCUT2D eigenvalue weighted by Gasteiger charge is -2.27. The highest BCUT2D eigenvalue weighted by molar-refractivity contribution is 6.67. The molecule has 5 N–H and O–H groups in total. The van der Waals surface area contributed by atoms with Crippen molar-refractivity contribution in [1.82, 2.24) is 0 Å². The van der Waals surface area contributed by atoms with Gasteiger partial charge < -0.3 is 107 Å². The fourth-order valence-electron chi connectivity index (χ4n) is 6.18. The van der Waals surface area contributed by atoms with Crippen LogP contribution in [0.25, 0.3) is 0 Å². The molecule has 24 nitrogen and oxygen atoms in total. The molecule has 1 heterocycles. The molecule has 1 rings (SSSR count). The first-order chi connectivity index (χ1) is 40.6. The molecule has 0 spiro atoms. The molecule has 518 valence electrons. The first-order valence-corrected chi connectivity index (χ1v) is 38.8. The Balaban J connectivity index is -0.000000144. The van der Waals surface area contributed by atoms with Gasteiger partial charge in [-0.2, -0.15) is 0 Å². The Bertz CT molecular complexity index is 1820. The summed E-state index contributed by atoms with van der Waals surface area (Å²) in [4.78, 5) is 41.8. The lowest BCUT2D eigenvalue weighted by Crippen LogP contribution is -2.39. The molecule has 0 aromatic carbocycles. The summed E-state index contributed by atoms with van der Waals surface area (Å²) < 4.78 is 84.3. The molecule has 1 saturated heterocycles. The van der Waals surface area contributed by atoms with Crippen molar-refractivity contribution in [3.63, 3.8) is 0 Å². The molecule has 2 atom stereocenters. The van der Waals surface area contributed by atoms with E-state index < -0.39 is 70.0 Å². The molecule has 88 heavy (non-hydrogen) atoms. The van der Waals surface area contributed by atoms with E-state index in [1.54, 1.807) is 28.3 Å². The topological polar surface area (TPSA) is 311 Å². The zero-order chi connectivity index (χ0) is 69.1. The van der Waals surface area contributed by atoms with E-state index in [1.165, 1.54) is 20.8 Å². The van der Waals surface area contributed by atoms with Crippen molar-refractivity contribution in [3.8, 4) is 6.42 Å². The molecule has 0 aromatic heterocycles. The Kier molecular flexibility index (Phi) is 72.3. The SMILES string of the molecule is C=C(C)C(=O)O.C=C(O)OC(=O)C(=C)C.C=C(O)OC(=O)C(=C)C.C=C(OC(=O)C(=C)C)O[Si](C)(CCCOC)OCC.CCO[Si](C)(CCCOC)OCC.CCO[Si](C)(CCCOC)OCC.CCO[Si](C)(CCCOCC1CO1)OCC.O.[C-]#C. The summed E-state index contributed by atoms with van der Waals surface area (Å²) >= 11 is 0. The van der Waals surface area contributed by atoms with Gasteiger partial charge in [0.15, 0.2) is 0 Å². The summed E-state index contributed by atoms with van der Waals surface area (Å²) in [5.41, 5.74) is 0.925. The predicted molar refractivity (Wildman–Crippen MR) is 352 cm³/mol. The summed E-state index contributed by atoms with van der Waals surface area (Å²) in [5.74, 6) is -4.06. The second-order valence-corrected chi connectivity index (χ2v) is 32.1. The molecule has 1 aliphatic heterocycles. The van der Waals surface area contributed by atoms with Crippen molar-refractivity contribution in [3.05, 3.63) is 92.6 Å². The lowest BCUT2D eigenvalue weighted by molar-refractivity contribution is -0.139. The highest BCUT2D eigenvalue weighted by Gasteiger charge is 2.35. The number of methoxy groups -OCH3 is 3. The number of carboxylic acid groups (broad SMARTS) is 1. The molecular formula is C60H117O24Si4-. The number of esters is 3. The van der Waals surface area contributed by atoms with Crippen LogP contribution in [0.1, 0.15) is 102 Å². The van der Waals surface area contributed by atoms with Gasteiger partial charge in [-0.25, -0.2) is 19.2 Å². The molecule has 0 bridgehead atoms. The number of terminal acetylenes is 1. The number of ether oxygens (including phenoxy) is 8. The van der Waals surface area contributed by atoms with Crippen LogP contribution < -0.4 is 0 Å². The third kappa shape index (κ3) is 70.5. The van der Waals surface area contributed by atoms with Crippen molar-refractivity contribution in [2.24, 2.45) is 0 Å². The third-order valence-corrected chi connectivity index (χ3v) is 22.1. The maximum atomic E-state index is 11.3. The van der Waals surface area contributed by atoms with Gasteiger partial charge in [-0.15, -0.1) is 0 Å². The van der Waals surface area contributed by atoms with Crippen molar-refractivity contribution in [2.75, 3.05) is 107 Å². The monoisotopic (exact) mass is 1330 g/mol. The minimum absolute atomic E-state index is 0. The second kappa shape index (κ2) is 63.9. The minimum atomic E-state index is -2.44. The van der Waals surface area contributed by atoms with E-state index in [4.69, 9.17) is 85.6 Å². The Morgan fingerprint density at radius 3 is 0.909 bits per heavy atom. The van der Waals surface area contributed by atoms with Crippen LogP contribution in [-0.2, 0) is 92.5 Å². The van der Waals surface area contributed by atoms with Gasteiger partial charge in [0.2, 0.25) is 0 Å². The quantitative estimate of drug-likeness (QED) is 0.00589. The van der Waals surface area contributed by atoms with Gasteiger partial charge in [-0.1, -0.05) is 26.3 Å². The van der Waals surface area contributed by atoms with E-state index in [-0.39, 0.29) is 28.1 Å². The second-order valence-electron chi connectivity index (χ2n) is 18.8. The van der Waals surface area contributed by atoms with E-state index in [9.17, 15) is 19.2 Å². The minimum Gasteiger partial charge on any atom is -0.697 e. The van der Waals surface area contributed by atoms with Crippen molar-refractivity contribution in [2.45, 2.75) is 158 Å². The van der Waals surface area contributed by atoms with E-state index in [2.05, 4.69) is 81.6 Å². The summed E-state index contributed by atoms with van der Waals surface area (Å²) in [6.07, 6.45) is 13.2. The molecule has 2 unspecified atom stereocenters. The number of carbonyl (C=O) groups excluding carboxylic acids is 3. The summed E-state index contributed by atoms with van der Waals surface area (Å²) in [7, 11) is -3.00. The van der Waals surface area contributed by atoms with Gasteiger partial charge in [0.05, 0.1) is 13.2 Å². The maximum Gasteiger partial charge on any atom is 0.398 e. The van der Waals surface area contributed by atoms with Crippen molar-refractivity contribution < 1.29 is 113 Å². The van der Waals surface area contributed by atoms with Gasteiger partial charge in [0.1, 0.15) is 6.10 Å². The van der Waals surface area contributed by atoms with Gasteiger partial charge in [-0.05, 0) is 166 Å². The number of hydrogen-bond donors (Lipinski definition) is 3.